The molecule has 0 bridgehead atoms. The van der Waals surface area contributed by atoms with Crippen LogP contribution < -0.4 is 9.47 Å². The molecule has 7 nitrogen and oxygen atoms in total. The van der Waals surface area contributed by atoms with Gasteiger partial charge in [-0.05, 0) is 30.5 Å². The first kappa shape index (κ1) is 19.9. The second kappa shape index (κ2) is 8.98. The average Bonchev–Trinajstić information content (AvgIpc) is 3.41. The molecule has 2 aromatic carbocycles. The molecule has 1 amide bonds. The SMILES string of the molecule is COc1cc(OC)cc(-c2noc(C3CC(=O)N(CCCc4ccccc4)C3)n2)c1. The number of nitrogens with zero attached hydrogens (tertiary/aromatic N) is 3. The third-order valence-electron chi connectivity index (χ3n) is 5.35. The minimum atomic E-state index is -0.0806. The fourth-order valence-electron chi connectivity index (χ4n) is 3.73. The van der Waals surface area contributed by atoms with Gasteiger partial charge in [0.1, 0.15) is 11.5 Å². The molecule has 1 fully saturated rings. The van der Waals surface area contributed by atoms with Crippen LogP contribution in [0, 0.1) is 0 Å². The molecule has 1 aliphatic rings. The molecule has 7 heteroatoms. The van der Waals surface area contributed by atoms with Crippen LogP contribution in [-0.4, -0.2) is 48.3 Å². The third-order valence-corrected chi connectivity index (χ3v) is 5.35. The highest BCUT2D eigenvalue weighted by molar-refractivity contribution is 5.79. The molecular formula is C23H25N3O4. The zero-order valence-corrected chi connectivity index (χ0v) is 17.2. The molecule has 1 saturated heterocycles. The molecular weight excluding hydrogens is 382 g/mol. The lowest BCUT2D eigenvalue weighted by molar-refractivity contribution is -0.127. The zero-order chi connectivity index (χ0) is 20.9. The Bertz CT molecular complexity index is 980. The molecule has 1 unspecified atom stereocenters. The highest BCUT2D eigenvalue weighted by Gasteiger charge is 2.34. The predicted molar refractivity (Wildman–Crippen MR) is 112 cm³/mol. The summed E-state index contributed by atoms with van der Waals surface area (Å²) in [7, 11) is 3.19. The van der Waals surface area contributed by atoms with Gasteiger partial charge in [0.15, 0.2) is 0 Å². The quantitative estimate of drug-likeness (QED) is 0.567. The summed E-state index contributed by atoms with van der Waals surface area (Å²) >= 11 is 0. The van der Waals surface area contributed by atoms with Crippen molar-refractivity contribution < 1.29 is 18.8 Å². The molecule has 0 spiro atoms. The molecule has 2 heterocycles. The monoisotopic (exact) mass is 407 g/mol. The van der Waals surface area contributed by atoms with E-state index in [1.165, 1.54) is 5.56 Å². The van der Waals surface area contributed by atoms with Crippen LogP contribution in [0.25, 0.3) is 11.4 Å². The summed E-state index contributed by atoms with van der Waals surface area (Å²) in [6.45, 7) is 1.34. The van der Waals surface area contributed by atoms with Gasteiger partial charge in [-0.2, -0.15) is 4.98 Å². The Kier molecular flexibility index (Phi) is 5.97. The molecule has 30 heavy (non-hydrogen) atoms. The number of carbonyl (C=O) groups excluding carboxylic acids is 1. The van der Waals surface area contributed by atoms with Crippen molar-refractivity contribution in [3.63, 3.8) is 0 Å². The van der Waals surface area contributed by atoms with Crippen molar-refractivity contribution in [2.45, 2.75) is 25.2 Å². The van der Waals surface area contributed by atoms with E-state index in [0.717, 1.165) is 24.9 Å². The van der Waals surface area contributed by atoms with Gasteiger partial charge in [-0.25, -0.2) is 0 Å². The van der Waals surface area contributed by atoms with Crippen LogP contribution in [0.1, 0.15) is 30.2 Å². The summed E-state index contributed by atoms with van der Waals surface area (Å²) in [4.78, 5) is 18.9. The maximum Gasteiger partial charge on any atom is 0.232 e. The molecule has 1 atom stereocenters. The van der Waals surface area contributed by atoms with Crippen molar-refractivity contribution in [2.75, 3.05) is 27.3 Å². The molecule has 0 N–H and O–H groups in total. The summed E-state index contributed by atoms with van der Waals surface area (Å²) in [6.07, 6.45) is 2.28. The second-order valence-corrected chi connectivity index (χ2v) is 7.39. The number of benzene rings is 2. The number of carbonyl (C=O) groups is 1. The molecule has 1 aromatic heterocycles. The van der Waals surface area contributed by atoms with Gasteiger partial charge < -0.3 is 18.9 Å². The summed E-state index contributed by atoms with van der Waals surface area (Å²) in [6, 6.07) is 15.8. The Morgan fingerprint density at radius 2 is 1.83 bits per heavy atom. The molecule has 0 aliphatic carbocycles. The number of rotatable bonds is 8. The lowest BCUT2D eigenvalue weighted by atomic mass is 10.1. The van der Waals surface area contributed by atoms with Gasteiger partial charge >= 0.3 is 0 Å². The van der Waals surface area contributed by atoms with Crippen LogP contribution in [0.15, 0.2) is 53.1 Å². The van der Waals surface area contributed by atoms with Gasteiger partial charge in [0, 0.05) is 31.1 Å². The Balaban J connectivity index is 1.40. The van der Waals surface area contributed by atoms with E-state index in [1.54, 1.807) is 20.3 Å². The Morgan fingerprint density at radius 3 is 2.53 bits per heavy atom. The fraction of sp³-hybridized carbons (Fsp3) is 0.348. The van der Waals surface area contributed by atoms with E-state index in [4.69, 9.17) is 14.0 Å². The summed E-state index contributed by atoms with van der Waals surface area (Å²) in [5.41, 5.74) is 2.03. The number of ether oxygens (including phenoxy) is 2. The average molecular weight is 407 g/mol. The molecule has 3 aromatic rings. The first-order valence-electron chi connectivity index (χ1n) is 10.0. The van der Waals surface area contributed by atoms with Crippen LogP contribution in [0.4, 0.5) is 0 Å². The minimum absolute atomic E-state index is 0.0806. The highest BCUT2D eigenvalue weighted by Crippen LogP contribution is 2.31. The summed E-state index contributed by atoms with van der Waals surface area (Å²) in [5, 5.41) is 4.11. The van der Waals surface area contributed by atoms with Crippen molar-refractivity contribution in [2.24, 2.45) is 0 Å². The van der Waals surface area contributed by atoms with E-state index in [9.17, 15) is 4.79 Å². The lowest BCUT2D eigenvalue weighted by Crippen LogP contribution is -2.26. The molecule has 1 aliphatic heterocycles. The van der Waals surface area contributed by atoms with Crippen molar-refractivity contribution in [1.29, 1.82) is 0 Å². The third kappa shape index (κ3) is 4.45. The first-order chi connectivity index (χ1) is 14.7. The Morgan fingerprint density at radius 1 is 1.10 bits per heavy atom. The van der Waals surface area contributed by atoms with Crippen molar-refractivity contribution in [1.82, 2.24) is 15.0 Å². The first-order valence-corrected chi connectivity index (χ1v) is 10.0. The van der Waals surface area contributed by atoms with Crippen LogP contribution in [0.2, 0.25) is 0 Å². The van der Waals surface area contributed by atoms with Crippen LogP contribution in [-0.2, 0) is 11.2 Å². The van der Waals surface area contributed by atoms with Crippen molar-refractivity contribution in [3.05, 3.63) is 60.0 Å². The Hall–Kier alpha value is -3.35. The predicted octanol–water partition coefficient (Wildman–Crippen LogP) is 3.70. The van der Waals surface area contributed by atoms with Gasteiger partial charge in [-0.15, -0.1) is 0 Å². The van der Waals surface area contributed by atoms with Gasteiger partial charge in [-0.3, -0.25) is 4.79 Å². The largest absolute Gasteiger partial charge is 0.497 e. The maximum absolute atomic E-state index is 12.4. The topological polar surface area (TPSA) is 77.7 Å². The normalized spacial score (nSPS) is 16.1. The number of hydrogen-bond acceptors (Lipinski definition) is 6. The van der Waals surface area contributed by atoms with Crippen LogP contribution in [0.3, 0.4) is 0 Å². The molecule has 4 rings (SSSR count). The number of aryl methyl sites for hydroxylation is 1. The Labute approximate surface area is 175 Å². The summed E-state index contributed by atoms with van der Waals surface area (Å²) in [5.74, 6) is 2.30. The van der Waals surface area contributed by atoms with Gasteiger partial charge in [0.05, 0.1) is 20.1 Å². The zero-order valence-electron chi connectivity index (χ0n) is 17.2. The standard InChI is InChI=1S/C23H25N3O4/c1-28-19-11-17(12-20(14-19)29-2)22-24-23(30-25-22)18-13-21(27)26(15-18)10-6-9-16-7-4-3-5-8-16/h3-5,7-8,11-12,14,18H,6,9-10,13,15H2,1-2H3. The van der Waals surface area contributed by atoms with Crippen LogP contribution >= 0.6 is 0 Å². The van der Waals surface area contributed by atoms with Crippen molar-refractivity contribution >= 4 is 5.91 Å². The van der Waals surface area contributed by atoms with E-state index < -0.39 is 0 Å². The smallest absolute Gasteiger partial charge is 0.232 e. The van der Waals surface area contributed by atoms with Crippen molar-refractivity contribution in [3.8, 4) is 22.9 Å². The van der Waals surface area contributed by atoms with Crippen LogP contribution in [0.5, 0.6) is 11.5 Å². The van der Waals surface area contributed by atoms with Gasteiger partial charge in [0.25, 0.3) is 0 Å². The second-order valence-electron chi connectivity index (χ2n) is 7.39. The fourth-order valence-corrected chi connectivity index (χ4v) is 3.73. The number of hydrogen-bond donors (Lipinski definition) is 0. The van der Waals surface area contributed by atoms with E-state index in [-0.39, 0.29) is 11.8 Å². The van der Waals surface area contributed by atoms with E-state index >= 15 is 0 Å². The summed E-state index contributed by atoms with van der Waals surface area (Å²) < 4.78 is 16.1. The van der Waals surface area contributed by atoms with E-state index in [2.05, 4.69) is 22.3 Å². The number of likely N-dealkylation sites (tertiary alicyclic amines) is 1. The minimum Gasteiger partial charge on any atom is -0.497 e. The molecule has 0 radical (unpaired) electrons. The number of amides is 1. The number of aromatic nitrogens is 2. The van der Waals surface area contributed by atoms with E-state index in [0.29, 0.717) is 36.2 Å². The lowest BCUT2D eigenvalue weighted by Gasteiger charge is -2.15. The highest BCUT2D eigenvalue weighted by atomic mass is 16.5. The van der Waals surface area contributed by atoms with Gasteiger partial charge in [0.2, 0.25) is 17.6 Å². The van der Waals surface area contributed by atoms with E-state index in [1.807, 2.05) is 35.2 Å². The number of methoxy groups -OCH3 is 2. The molecule has 156 valence electrons. The molecule has 0 saturated carbocycles. The maximum atomic E-state index is 12.4. The van der Waals surface area contributed by atoms with Gasteiger partial charge in [-0.1, -0.05) is 35.5 Å².